The Balaban J connectivity index is 1.58. The minimum Gasteiger partial charge on any atom is -0.444 e. The Morgan fingerprint density at radius 2 is 1.64 bits per heavy atom. The second kappa shape index (κ2) is 7.69. The number of fused-ring (bicyclic) bond motifs is 1. The molecule has 140 valence electrons. The summed E-state index contributed by atoms with van der Waals surface area (Å²) in [6.07, 6.45) is -0.169. The molecule has 1 aliphatic heterocycles. The Labute approximate surface area is 164 Å². The van der Waals surface area contributed by atoms with Gasteiger partial charge in [0.25, 0.3) is 5.91 Å². The third-order valence-corrected chi connectivity index (χ3v) is 4.95. The molecule has 4 heteroatoms. The molecule has 1 amide bonds. The van der Waals surface area contributed by atoms with E-state index in [0.29, 0.717) is 12.1 Å². The van der Waals surface area contributed by atoms with E-state index in [2.05, 4.69) is 0 Å². The smallest absolute Gasteiger partial charge is 0.339 e. The Bertz CT molecular complexity index is 999. The second-order valence-electron chi connectivity index (χ2n) is 6.94. The van der Waals surface area contributed by atoms with E-state index in [1.54, 1.807) is 29.2 Å². The molecule has 0 spiro atoms. The molecule has 0 saturated carbocycles. The van der Waals surface area contributed by atoms with Gasteiger partial charge in [0.1, 0.15) is 0 Å². The number of nitrogens with zero attached hydrogens (tertiary/aromatic N) is 1. The van der Waals surface area contributed by atoms with Gasteiger partial charge in [0.2, 0.25) is 6.10 Å². The highest BCUT2D eigenvalue weighted by atomic mass is 16.5. The van der Waals surface area contributed by atoms with Gasteiger partial charge >= 0.3 is 5.97 Å². The Morgan fingerprint density at radius 1 is 0.964 bits per heavy atom. The number of hydrogen-bond acceptors (Lipinski definition) is 3. The van der Waals surface area contributed by atoms with Crippen molar-refractivity contribution >= 4 is 17.6 Å². The van der Waals surface area contributed by atoms with Crippen LogP contribution in [-0.2, 0) is 16.0 Å². The van der Waals surface area contributed by atoms with Gasteiger partial charge in [-0.15, -0.1) is 0 Å². The molecule has 0 aliphatic carbocycles. The molecule has 0 saturated heterocycles. The van der Waals surface area contributed by atoms with Crippen LogP contribution in [0.3, 0.4) is 0 Å². The molecule has 0 bridgehead atoms. The summed E-state index contributed by atoms with van der Waals surface area (Å²) in [5.74, 6) is -0.683. The van der Waals surface area contributed by atoms with Crippen LogP contribution in [0.25, 0.3) is 0 Å². The van der Waals surface area contributed by atoms with Gasteiger partial charge in [0.05, 0.1) is 11.3 Å². The summed E-state index contributed by atoms with van der Waals surface area (Å²) in [6, 6.07) is 24.6. The number of carbonyl (C=O) groups is 2. The van der Waals surface area contributed by atoms with Crippen molar-refractivity contribution in [3.63, 3.8) is 0 Å². The number of ether oxygens (including phenoxy) is 1. The summed E-state index contributed by atoms with van der Waals surface area (Å²) >= 11 is 0. The molecule has 28 heavy (non-hydrogen) atoms. The number of hydrogen-bond donors (Lipinski definition) is 0. The van der Waals surface area contributed by atoms with Gasteiger partial charge in [-0.05, 0) is 43.2 Å². The van der Waals surface area contributed by atoms with E-state index in [4.69, 9.17) is 4.74 Å². The summed E-state index contributed by atoms with van der Waals surface area (Å²) in [4.78, 5) is 27.4. The van der Waals surface area contributed by atoms with Crippen molar-refractivity contribution in [2.45, 2.75) is 19.4 Å². The number of amides is 1. The third kappa shape index (κ3) is 3.54. The zero-order valence-corrected chi connectivity index (χ0v) is 15.7. The van der Waals surface area contributed by atoms with Crippen molar-refractivity contribution in [2.24, 2.45) is 0 Å². The highest BCUT2D eigenvalue weighted by molar-refractivity contribution is 6.05. The van der Waals surface area contributed by atoms with Crippen molar-refractivity contribution in [3.05, 3.63) is 101 Å². The van der Waals surface area contributed by atoms with Gasteiger partial charge in [-0.1, -0.05) is 60.2 Å². The minimum atomic E-state index is -0.904. The van der Waals surface area contributed by atoms with Gasteiger partial charge in [0, 0.05) is 12.1 Å². The zero-order chi connectivity index (χ0) is 19.5. The normalized spacial score (nSPS) is 15.4. The van der Waals surface area contributed by atoms with E-state index in [1.165, 1.54) is 0 Å². The van der Waals surface area contributed by atoms with Crippen molar-refractivity contribution in [1.82, 2.24) is 0 Å². The van der Waals surface area contributed by atoms with E-state index in [1.807, 2.05) is 61.5 Å². The first-order chi connectivity index (χ1) is 13.6. The highest BCUT2D eigenvalue weighted by Crippen LogP contribution is 2.39. The van der Waals surface area contributed by atoms with Crippen LogP contribution in [0.5, 0.6) is 0 Å². The fraction of sp³-hybridized carbons (Fsp3) is 0.167. The van der Waals surface area contributed by atoms with Crippen LogP contribution in [0.15, 0.2) is 78.9 Å². The number of anilines is 1. The lowest BCUT2D eigenvalue weighted by molar-refractivity contribution is -0.126. The first-order valence-corrected chi connectivity index (χ1v) is 9.35. The van der Waals surface area contributed by atoms with Gasteiger partial charge in [-0.3, -0.25) is 4.79 Å². The molecule has 0 radical (unpaired) electrons. The van der Waals surface area contributed by atoms with Crippen molar-refractivity contribution in [1.29, 1.82) is 0 Å². The first kappa shape index (κ1) is 18.0. The van der Waals surface area contributed by atoms with Crippen LogP contribution < -0.4 is 4.90 Å². The largest absolute Gasteiger partial charge is 0.444 e. The molecular formula is C24H21NO3. The van der Waals surface area contributed by atoms with Crippen LogP contribution in [0, 0.1) is 6.92 Å². The molecule has 3 aromatic rings. The first-order valence-electron chi connectivity index (χ1n) is 9.35. The zero-order valence-electron chi connectivity index (χ0n) is 15.7. The quantitative estimate of drug-likeness (QED) is 0.621. The summed E-state index contributed by atoms with van der Waals surface area (Å²) in [5, 5.41) is 0. The van der Waals surface area contributed by atoms with Crippen LogP contribution in [0.4, 0.5) is 5.69 Å². The van der Waals surface area contributed by atoms with Crippen LogP contribution in [0.1, 0.15) is 33.2 Å². The lowest BCUT2D eigenvalue weighted by Gasteiger charge is -2.18. The molecule has 1 atom stereocenters. The maximum atomic E-state index is 13.1. The maximum absolute atomic E-state index is 13.1. The van der Waals surface area contributed by atoms with Crippen molar-refractivity contribution < 1.29 is 14.3 Å². The molecule has 0 aromatic heterocycles. The summed E-state index contributed by atoms with van der Waals surface area (Å²) in [6.45, 7) is 2.51. The fourth-order valence-corrected chi connectivity index (χ4v) is 3.50. The topological polar surface area (TPSA) is 46.6 Å². The SMILES string of the molecule is Cc1ccc2c(c1)C(OC(=O)c1ccccc1)C(=O)N2CCc1ccccc1. The second-order valence-corrected chi connectivity index (χ2v) is 6.94. The average molecular weight is 371 g/mol. The molecule has 0 fully saturated rings. The molecule has 1 heterocycles. The average Bonchev–Trinajstić information content (AvgIpc) is 2.98. The van der Waals surface area contributed by atoms with Crippen LogP contribution in [0.2, 0.25) is 0 Å². The molecular weight excluding hydrogens is 350 g/mol. The van der Waals surface area contributed by atoms with Crippen LogP contribution >= 0.6 is 0 Å². The maximum Gasteiger partial charge on any atom is 0.339 e. The van der Waals surface area contributed by atoms with E-state index in [0.717, 1.165) is 28.8 Å². The Hall–Kier alpha value is -3.40. The van der Waals surface area contributed by atoms with Gasteiger partial charge < -0.3 is 9.64 Å². The number of benzene rings is 3. The van der Waals surface area contributed by atoms with Gasteiger partial charge in [-0.2, -0.15) is 0 Å². The molecule has 4 rings (SSSR count). The highest BCUT2D eigenvalue weighted by Gasteiger charge is 2.40. The number of carbonyl (C=O) groups excluding carboxylic acids is 2. The number of esters is 1. The summed E-state index contributed by atoms with van der Waals surface area (Å²) in [7, 11) is 0. The molecule has 3 aromatic carbocycles. The van der Waals surface area contributed by atoms with Crippen molar-refractivity contribution in [3.8, 4) is 0 Å². The fourth-order valence-electron chi connectivity index (χ4n) is 3.50. The van der Waals surface area contributed by atoms with E-state index in [9.17, 15) is 9.59 Å². The summed E-state index contributed by atoms with van der Waals surface area (Å²) < 4.78 is 5.64. The molecule has 4 nitrogen and oxygen atoms in total. The summed E-state index contributed by atoms with van der Waals surface area (Å²) in [5.41, 5.74) is 4.19. The Morgan fingerprint density at radius 3 is 2.36 bits per heavy atom. The number of aryl methyl sites for hydroxylation is 1. The number of rotatable bonds is 5. The lowest BCUT2D eigenvalue weighted by atomic mass is 10.1. The van der Waals surface area contributed by atoms with Gasteiger partial charge in [-0.25, -0.2) is 4.79 Å². The third-order valence-electron chi connectivity index (χ3n) is 4.95. The lowest BCUT2D eigenvalue weighted by Crippen LogP contribution is -2.32. The predicted octanol–water partition coefficient (Wildman–Crippen LogP) is 4.48. The van der Waals surface area contributed by atoms with E-state index < -0.39 is 12.1 Å². The molecule has 0 N–H and O–H groups in total. The van der Waals surface area contributed by atoms with Gasteiger partial charge in [0.15, 0.2) is 0 Å². The monoisotopic (exact) mass is 371 g/mol. The van der Waals surface area contributed by atoms with Crippen LogP contribution in [-0.4, -0.2) is 18.4 Å². The van der Waals surface area contributed by atoms with E-state index >= 15 is 0 Å². The standard InChI is InChI=1S/C24H21NO3/c1-17-12-13-21-20(16-17)22(28-24(27)19-10-6-3-7-11-19)23(26)25(21)15-14-18-8-4-2-5-9-18/h2-13,16,22H,14-15H2,1H3. The predicted molar refractivity (Wildman–Crippen MR) is 108 cm³/mol. The minimum absolute atomic E-state index is 0.194. The molecule has 1 unspecified atom stereocenters. The van der Waals surface area contributed by atoms with E-state index in [-0.39, 0.29) is 5.91 Å². The van der Waals surface area contributed by atoms with Crippen molar-refractivity contribution in [2.75, 3.05) is 11.4 Å². The Kier molecular flexibility index (Phi) is 4.94. The molecule has 1 aliphatic rings.